The maximum Gasteiger partial charge on any atom is 0.273 e. The minimum atomic E-state index is -1.05. The first-order chi connectivity index (χ1) is 13.4. The van der Waals surface area contributed by atoms with E-state index in [1.807, 2.05) is 30.3 Å². The van der Waals surface area contributed by atoms with Gasteiger partial charge in [-0.1, -0.05) is 24.3 Å². The highest BCUT2D eigenvalue weighted by molar-refractivity contribution is 7.83. The Bertz CT molecular complexity index is 1120. The average Bonchev–Trinajstić information content (AvgIpc) is 3.19. The number of benzene rings is 2. The van der Waals surface area contributed by atoms with Crippen molar-refractivity contribution in [1.29, 1.82) is 0 Å². The van der Waals surface area contributed by atoms with Crippen LogP contribution in [0.4, 0.5) is 11.5 Å². The Kier molecular flexibility index (Phi) is 4.52. The molecule has 0 saturated heterocycles. The molecule has 28 heavy (non-hydrogen) atoms. The molecule has 2 heterocycles. The Labute approximate surface area is 162 Å². The van der Waals surface area contributed by atoms with Crippen molar-refractivity contribution >= 4 is 28.2 Å². The first kappa shape index (κ1) is 18.1. The molecule has 1 aromatic heterocycles. The second-order valence-electron chi connectivity index (χ2n) is 6.46. The number of aryl methyl sites for hydroxylation is 1. The highest BCUT2D eigenvalue weighted by Crippen LogP contribution is 2.31. The lowest BCUT2D eigenvalue weighted by atomic mass is 10.1. The monoisotopic (exact) mass is 396 g/mol. The van der Waals surface area contributed by atoms with Gasteiger partial charge in [-0.05, 0) is 25.1 Å². The second-order valence-corrected chi connectivity index (χ2v) is 7.92. The third-order valence-electron chi connectivity index (χ3n) is 4.57. The Morgan fingerprint density at radius 3 is 2.68 bits per heavy atom. The van der Waals surface area contributed by atoms with Gasteiger partial charge in [0.05, 0.1) is 27.8 Å². The van der Waals surface area contributed by atoms with Crippen LogP contribution in [0.1, 0.15) is 27.2 Å². The predicted molar refractivity (Wildman–Crippen MR) is 105 cm³/mol. The van der Waals surface area contributed by atoms with Crippen LogP contribution in [0.25, 0.3) is 5.69 Å². The molecule has 0 spiro atoms. The zero-order chi connectivity index (χ0) is 19.8. The molecule has 3 aromatic rings. The third-order valence-corrected chi connectivity index (χ3v) is 5.78. The molecule has 1 amide bonds. The van der Waals surface area contributed by atoms with Crippen molar-refractivity contribution < 1.29 is 13.9 Å². The van der Waals surface area contributed by atoms with Gasteiger partial charge in [-0.15, -0.1) is 0 Å². The highest BCUT2D eigenvalue weighted by Gasteiger charge is 2.28. The van der Waals surface area contributed by atoms with E-state index in [0.717, 1.165) is 11.3 Å². The Hall–Kier alpha value is -3.33. The molecule has 9 heteroatoms. The smallest absolute Gasteiger partial charge is 0.273 e. The third kappa shape index (κ3) is 3.20. The van der Waals surface area contributed by atoms with Gasteiger partial charge in [-0.3, -0.25) is 19.1 Å². The SMILES string of the molecule is Cc1ccc(C(=O)Nc2c3c(nn2-c2ccccc2)C[S@@](=O)C3)cc1[N+](=O)[O-]. The van der Waals surface area contributed by atoms with E-state index in [0.29, 0.717) is 28.6 Å². The number of anilines is 1. The van der Waals surface area contributed by atoms with Crippen LogP contribution in [0, 0.1) is 17.0 Å². The van der Waals surface area contributed by atoms with Gasteiger partial charge in [0.15, 0.2) is 0 Å². The van der Waals surface area contributed by atoms with E-state index < -0.39 is 21.6 Å². The second kappa shape index (κ2) is 7.01. The first-order valence-corrected chi connectivity index (χ1v) is 10.0. The number of para-hydroxylation sites is 1. The summed E-state index contributed by atoms with van der Waals surface area (Å²) < 4.78 is 13.6. The molecule has 4 rings (SSSR count). The number of hydrogen-bond donors (Lipinski definition) is 1. The number of nitro benzene ring substituents is 1. The lowest BCUT2D eigenvalue weighted by molar-refractivity contribution is -0.385. The number of carbonyl (C=O) groups excluding carboxylic acids is 1. The van der Waals surface area contributed by atoms with Gasteiger partial charge in [-0.2, -0.15) is 5.10 Å². The van der Waals surface area contributed by atoms with Gasteiger partial charge in [-0.25, -0.2) is 4.68 Å². The molecule has 1 N–H and O–H groups in total. The fraction of sp³-hybridized carbons (Fsp3) is 0.158. The number of nitrogens with zero attached hydrogens (tertiary/aromatic N) is 3. The summed E-state index contributed by atoms with van der Waals surface area (Å²) >= 11 is 0. The molecular weight excluding hydrogens is 380 g/mol. The molecule has 1 atom stereocenters. The number of amides is 1. The molecular formula is C19H16N4O4S. The summed E-state index contributed by atoms with van der Waals surface area (Å²) in [6.07, 6.45) is 0. The molecule has 0 bridgehead atoms. The topological polar surface area (TPSA) is 107 Å². The summed E-state index contributed by atoms with van der Waals surface area (Å²) in [6, 6.07) is 13.6. The molecule has 8 nitrogen and oxygen atoms in total. The number of rotatable bonds is 4. The maximum atomic E-state index is 12.8. The standard InChI is InChI=1S/C19H16N4O4S/c1-12-7-8-13(9-17(12)23(25)26)19(24)20-18-15-10-28(27)11-16(15)21-22(18)14-5-3-2-4-6-14/h2-9H,10-11H2,1H3,(H,20,24)/t28-/m0/s1. The Balaban J connectivity index is 1.74. The zero-order valence-corrected chi connectivity index (χ0v) is 15.7. The fourth-order valence-electron chi connectivity index (χ4n) is 3.14. The van der Waals surface area contributed by atoms with E-state index >= 15 is 0 Å². The van der Waals surface area contributed by atoms with Crippen molar-refractivity contribution in [2.45, 2.75) is 18.4 Å². The predicted octanol–water partition coefficient (Wildman–Crippen LogP) is 3.10. The molecule has 1 aliphatic rings. The van der Waals surface area contributed by atoms with Gasteiger partial charge in [0, 0.05) is 33.6 Å². The molecule has 1 aliphatic heterocycles. The molecule has 142 valence electrons. The van der Waals surface area contributed by atoms with Crippen LogP contribution in [0.5, 0.6) is 0 Å². The first-order valence-electron chi connectivity index (χ1n) is 8.51. The molecule has 0 unspecified atom stereocenters. The summed E-state index contributed by atoms with van der Waals surface area (Å²) in [6.45, 7) is 1.62. The van der Waals surface area contributed by atoms with E-state index in [1.54, 1.807) is 23.7 Å². The molecule has 0 fully saturated rings. The van der Waals surface area contributed by atoms with Crippen molar-refractivity contribution in [3.05, 3.63) is 81.0 Å². The molecule has 0 aliphatic carbocycles. The van der Waals surface area contributed by atoms with Gasteiger partial charge in [0.2, 0.25) is 0 Å². The Morgan fingerprint density at radius 2 is 1.96 bits per heavy atom. The van der Waals surface area contributed by atoms with Crippen molar-refractivity contribution in [1.82, 2.24) is 9.78 Å². The van der Waals surface area contributed by atoms with Crippen LogP contribution >= 0.6 is 0 Å². The summed E-state index contributed by atoms with van der Waals surface area (Å²) in [5, 5.41) is 18.5. The highest BCUT2D eigenvalue weighted by atomic mass is 32.2. The average molecular weight is 396 g/mol. The van der Waals surface area contributed by atoms with Crippen molar-refractivity contribution in [2.75, 3.05) is 5.32 Å². The minimum absolute atomic E-state index is 0.115. The number of fused-ring (bicyclic) bond motifs is 1. The van der Waals surface area contributed by atoms with Crippen LogP contribution in [-0.2, 0) is 22.3 Å². The van der Waals surface area contributed by atoms with Crippen molar-refractivity contribution in [2.24, 2.45) is 0 Å². The van der Waals surface area contributed by atoms with Crippen molar-refractivity contribution in [3.8, 4) is 5.69 Å². The molecule has 0 radical (unpaired) electrons. The van der Waals surface area contributed by atoms with E-state index in [4.69, 9.17) is 0 Å². The number of carbonyl (C=O) groups is 1. The largest absolute Gasteiger partial charge is 0.306 e. The lowest BCUT2D eigenvalue weighted by Crippen LogP contribution is -2.17. The molecule has 0 saturated carbocycles. The van der Waals surface area contributed by atoms with E-state index in [-0.39, 0.29) is 11.3 Å². The number of nitro groups is 1. The van der Waals surface area contributed by atoms with Gasteiger partial charge in [0.25, 0.3) is 11.6 Å². The normalized spacial score (nSPS) is 15.2. The number of hydrogen-bond acceptors (Lipinski definition) is 5. The fourth-order valence-corrected chi connectivity index (χ4v) is 4.40. The van der Waals surface area contributed by atoms with Crippen LogP contribution < -0.4 is 5.32 Å². The van der Waals surface area contributed by atoms with Crippen LogP contribution in [-0.4, -0.2) is 24.8 Å². The number of nitrogens with one attached hydrogen (secondary N) is 1. The lowest BCUT2D eigenvalue weighted by Gasteiger charge is -2.11. The van der Waals surface area contributed by atoms with E-state index in [1.165, 1.54) is 6.07 Å². The summed E-state index contributed by atoms with van der Waals surface area (Å²) in [5.74, 6) is 0.612. The summed E-state index contributed by atoms with van der Waals surface area (Å²) in [4.78, 5) is 23.5. The van der Waals surface area contributed by atoms with Gasteiger partial charge < -0.3 is 5.32 Å². The van der Waals surface area contributed by atoms with Crippen LogP contribution in [0.15, 0.2) is 48.5 Å². The maximum absolute atomic E-state index is 12.8. The van der Waals surface area contributed by atoms with E-state index in [9.17, 15) is 19.1 Å². The summed E-state index contributed by atoms with van der Waals surface area (Å²) in [5.41, 5.74) is 2.71. The zero-order valence-electron chi connectivity index (χ0n) is 14.9. The van der Waals surface area contributed by atoms with E-state index in [2.05, 4.69) is 10.4 Å². The Morgan fingerprint density at radius 1 is 1.21 bits per heavy atom. The van der Waals surface area contributed by atoms with Crippen LogP contribution in [0.3, 0.4) is 0 Å². The summed E-state index contributed by atoms with van der Waals surface area (Å²) in [7, 11) is -1.05. The van der Waals surface area contributed by atoms with Gasteiger partial charge >= 0.3 is 0 Å². The number of aromatic nitrogens is 2. The van der Waals surface area contributed by atoms with Gasteiger partial charge in [0.1, 0.15) is 5.82 Å². The molecule has 2 aromatic carbocycles. The minimum Gasteiger partial charge on any atom is -0.306 e. The quantitative estimate of drug-likeness (QED) is 0.539. The van der Waals surface area contributed by atoms with Crippen molar-refractivity contribution in [3.63, 3.8) is 0 Å². The van der Waals surface area contributed by atoms with Crippen LogP contribution in [0.2, 0.25) is 0 Å².